The fourth-order valence-corrected chi connectivity index (χ4v) is 6.45. The number of rotatable bonds is 9. The van der Waals surface area contributed by atoms with Crippen LogP contribution in [0.25, 0.3) is 22.3 Å². The molecule has 0 spiro atoms. The van der Waals surface area contributed by atoms with Crippen molar-refractivity contribution in [3.8, 4) is 40.1 Å². The smallest absolute Gasteiger partial charge is 0.239 e. The van der Waals surface area contributed by atoms with Crippen LogP contribution in [0.4, 0.5) is 0 Å². The Bertz CT molecular complexity index is 1850. The average molecular weight is 771 g/mol. The summed E-state index contributed by atoms with van der Waals surface area (Å²) in [6.07, 6.45) is -24.0. The van der Waals surface area contributed by atoms with Gasteiger partial charge in [0.15, 0.2) is 29.8 Å². The average Bonchev–Trinajstić information content (AvgIpc) is 3.13. The van der Waals surface area contributed by atoms with Gasteiger partial charge in [0.2, 0.25) is 17.5 Å². The minimum absolute atomic E-state index is 0.0396. The standard InChI is InChI=1S/C34H42O20/c1-10-20(38)23(41)26(44)33(49-10)53-29-11(2)50-32(28(46)25(29)43)48-9-18-21(39)24(42)27(45)34(52-18)54-31-22(40)19-15(37)7-13(35)8-17(19)51-30(31)12-4-5-14(36)16(6-12)47-3/h4-8,10-11,18,20-21,23-29,32-39,41-46H,9H2,1-3H3. The predicted octanol–water partition coefficient (Wildman–Crippen LogP) is -2.53. The third kappa shape index (κ3) is 7.41. The molecule has 15 atom stereocenters. The number of aromatic hydroxyl groups is 3. The number of methoxy groups -OCH3 is 1. The molecular weight excluding hydrogens is 728 g/mol. The van der Waals surface area contributed by atoms with Gasteiger partial charge in [-0.1, -0.05) is 0 Å². The van der Waals surface area contributed by atoms with E-state index >= 15 is 0 Å². The van der Waals surface area contributed by atoms with Crippen LogP contribution in [0.2, 0.25) is 0 Å². The molecule has 1 aromatic heterocycles. The van der Waals surface area contributed by atoms with Crippen molar-refractivity contribution in [2.24, 2.45) is 0 Å². The molecule has 298 valence electrons. The molecule has 0 aliphatic carbocycles. The van der Waals surface area contributed by atoms with E-state index in [2.05, 4.69) is 0 Å². The Kier molecular flexibility index (Phi) is 11.6. The lowest BCUT2D eigenvalue weighted by Crippen LogP contribution is -2.63. The molecule has 0 bridgehead atoms. The first-order valence-electron chi connectivity index (χ1n) is 16.8. The summed E-state index contributed by atoms with van der Waals surface area (Å²) in [6, 6.07) is 5.75. The van der Waals surface area contributed by atoms with Crippen LogP contribution in [0.5, 0.6) is 28.7 Å². The van der Waals surface area contributed by atoms with Crippen molar-refractivity contribution in [1.29, 1.82) is 0 Å². The molecule has 3 aliphatic rings. The Morgan fingerprint density at radius 1 is 0.685 bits per heavy atom. The van der Waals surface area contributed by atoms with E-state index in [0.717, 1.165) is 12.1 Å². The molecule has 3 saturated heterocycles. The van der Waals surface area contributed by atoms with Crippen molar-refractivity contribution < 1.29 is 93.7 Å². The van der Waals surface area contributed by atoms with Crippen LogP contribution in [0.15, 0.2) is 39.5 Å². The zero-order valence-electron chi connectivity index (χ0n) is 28.8. The van der Waals surface area contributed by atoms with Crippen LogP contribution in [-0.4, -0.2) is 162 Å². The van der Waals surface area contributed by atoms with Crippen LogP contribution < -0.4 is 14.9 Å². The van der Waals surface area contributed by atoms with Gasteiger partial charge in [-0.2, -0.15) is 0 Å². The highest BCUT2D eigenvalue weighted by molar-refractivity contribution is 5.88. The van der Waals surface area contributed by atoms with Gasteiger partial charge in [-0.3, -0.25) is 4.79 Å². The van der Waals surface area contributed by atoms with Gasteiger partial charge in [0.25, 0.3) is 0 Å². The Hall–Kier alpha value is -3.87. The number of phenolic OH excluding ortho intramolecular Hbond substituents is 3. The van der Waals surface area contributed by atoms with Crippen LogP contribution in [0.1, 0.15) is 13.8 Å². The van der Waals surface area contributed by atoms with Crippen molar-refractivity contribution >= 4 is 11.0 Å². The molecule has 4 heterocycles. The fourth-order valence-electron chi connectivity index (χ4n) is 6.45. The van der Waals surface area contributed by atoms with Gasteiger partial charge in [-0.25, -0.2) is 0 Å². The number of ether oxygens (including phenoxy) is 7. The first kappa shape index (κ1) is 39.8. The van der Waals surface area contributed by atoms with Crippen LogP contribution >= 0.6 is 0 Å². The summed E-state index contributed by atoms with van der Waals surface area (Å²) in [7, 11) is 1.27. The van der Waals surface area contributed by atoms with Crippen molar-refractivity contribution in [1.82, 2.24) is 0 Å². The Balaban J connectivity index is 1.21. The van der Waals surface area contributed by atoms with E-state index < -0.39 is 127 Å². The minimum atomic E-state index is -2.00. The highest BCUT2D eigenvalue weighted by atomic mass is 16.7. The zero-order valence-corrected chi connectivity index (χ0v) is 28.8. The van der Waals surface area contributed by atoms with E-state index in [1.165, 1.54) is 39.2 Å². The van der Waals surface area contributed by atoms with Gasteiger partial charge in [-0.05, 0) is 32.0 Å². The summed E-state index contributed by atoms with van der Waals surface area (Å²) in [5.41, 5.74) is -1.20. The monoisotopic (exact) mass is 770 g/mol. The lowest BCUT2D eigenvalue weighted by molar-refractivity contribution is -0.357. The van der Waals surface area contributed by atoms with E-state index in [-0.39, 0.29) is 28.4 Å². The van der Waals surface area contributed by atoms with E-state index in [9.17, 15) is 61.0 Å². The van der Waals surface area contributed by atoms with Gasteiger partial charge >= 0.3 is 0 Å². The number of hydrogen-bond acceptors (Lipinski definition) is 20. The molecule has 20 nitrogen and oxygen atoms in total. The molecule has 0 amide bonds. The molecule has 2 aromatic carbocycles. The lowest BCUT2D eigenvalue weighted by atomic mass is 9.97. The number of phenols is 3. The number of aliphatic hydroxyl groups excluding tert-OH is 8. The highest BCUT2D eigenvalue weighted by Gasteiger charge is 2.51. The Morgan fingerprint density at radius 3 is 2.04 bits per heavy atom. The number of aliphatic hydroxyl groups is 8. The van der Waals surface area contributed by atoms with Crippen LogP contribution in [0.3, 0.4) is 0 Å². The molecule has 3 fully saturated rings. The second-order valence-corrected chi connectivity index (χ2v) is 13.3. The summed E-state index contributed by atoms with van der Waals surface area (Å²) >= 11 is 0. The minimum Gasteiger partial charge on any atom is -0.508 e. The molecule has 20 heteroatoms. The zero-order chi connectivity index (χ0) is 39.3. The maximum atomic E-state index is 13.8. The van der Waals surface area contributed by atoms with E-state index in [0.29, 0.717) is 0 Å². The largest absolute Gasteiger partial charge is 0.508 e. The highest BCUT2D eigenvalue weighted by Crippen LogP contribution is 2.40. The normalized spacial score (nSPS) is 37.3. The van der Waals surface area contributed by atoms with Crippen LogP contribution in [0, 0.1) is 0 Å². The molecular formula is C34H42O20. The second-order valence-electron chi connectivity index (χ2n) is 13.3. The van der Waals surface area contributed by atoms with Gasteiger partial charge in [0.05, 0.1) is 25.9 Å². The third-order valence-corrected chi connectivity index (χ3v) is 9.56. The van der Waals surface area contributed by atoms with E-state index in [1.54, 1.807) is 0 Å². The molecule has 6 rings (SSSR count). The Morgan fingerprint density at radius 2 is 1.33 bits per heavy atom. The van der Waals surface area contributed by atoms with Gasteiger partial charge in [0.1, 0.15) is 83.5 Å². The van der Waals surface area contributed by atoms with E-state index in [4.69, 9.17) is 37.6 Å². The first-order valence-corrected chi connectivity index (χ1v) is 16.8. The van der Waals surface area contributed by atoms with Crippen molar-refractivity contribution in [2.45, 2.75) is 106 Å². The SMILES string of the molecule is COc1cc(-c2oc3cc(O)cc(O)c3c(=O)c2OC2OC(COC3OC(C)C(OC4OC(C)C(O)C(O)C4O)C(O)C3O)C(O)C(O)C2O)ccc1O. The molecule has 54 heavy (non-hydrogen) atoms. The van der Waals surface area contributed by atoms with Crippen molar-refractivity contribution in [3.63, 3.8) is 0 Å². The third-order valence-electron chi connectivity index (χ3n) is 9.56. The maximum Gasteiger partial charge on any atom is 0.239 e. The molecule has 3 aliphatic heterocycles. The second kappa shape index (κ2) is 15.7. The van der Waals surface area contributed by atoms with E-state index in [1.807, 2.05) is 0 Å². The summed E-state index contributed by atoms with van der Waals surface area (Å²) in [6.45, 7) is 2.20. The lowest BCUT2D eigenvalue weighted by Gasteiger charge is -2.46. The quantitative estimate of drug-likeness (QED) is 0.107. The van der Waals surface area contributed by atoms with Gasteiger partial charge < -0.3 is 93.7 Å². The van der Waals surface area contributed by atoms with Gasteiger partial charge in [0, 0.05) is 17.7 Å². The summed E-state index contributed by atoms with van der Waals surface area (Å²) in [4.78, 5) is 13.8. The Labute approximate surface area is 305 Å². The summed E-state index contributed by atoms with van der Waals surface area (Å²) < 4.78 is 44.9. The maximum absolute atomic E-state index is 13.8. The molecule has 0 saturated carbocycles. The number of fused-ring (bicyclic) bond motifs is 1. The van der Waals surface area contributed by atoms with Gasteiger partial charge in [-0.15, -0.1) is 0 Å². The summed E-state index contributed by atoms with van der Waals surface area (Å²) in [5.74, 6) is -2.44. The van der Waals surface area contributed by atoms with Crippen LogP contribution in [-0.2, 0) is 23.7 Å². The number of hydrogen-bond donors (Lipinski definition) is 11. The predicted molar refractivity (Wildman–Crippen MR) is 176 cm³/mol. The first-order chi connectivity index (χ1) is 25.5. The fraction of sp³-hybridized carbons (Fsp3) is 0.559. The summed E-state index contributed by atoms with van der Waals surface area (Å²) in [5, 5.41) is 115. The van der Waals surface area contributed by atoms with Crippen molar-refractivity contribution in [2.75, 3.05) is 13.7 Å². The topological polar surface area (TPSA) is 317 Å². The molecule has 0 radical (unpaired) electrons. The molecule has 11 N–H and O–H groups in total. The number of benzene rings is 2. The molecule has 3 aromatic rings. The molecule has 15 unspecified atom stereocenters. The van der Waals surface area contributed by atoms with Crippen molar-refractivity contribution in [3.05, 3.63) is 40.6 Å².